The lowest BCUT2D eigenvalue weighted by Gasteiger charge is -2.04. The van der Waals surface area contributed by atoms with Crippen LogP contribution in [-0.4, -0.2) is 6.61 Å². The van der Waals surface area contributed by atoms with E-state index >= 15 is 0 Å². The van der Waals surface area contributed by atoms with E-state index in [1.165, 1.54) is 24.2 Å². The summed E-state index contributed by atoms with van der Waals surface area (Å²) in [5, 5.41) is 8.85. The van der Waals surface area contributed by atoms with E-state index in [0.717, 1.165) is 27.5 Å². The highest BCUT2D eigenvalue weighted by Crippen LogP contribution is 2.28. The lowest BCUT2D eigenvalue weighted by Crippen LogP contribution is -1.92. The summed E-state index contributed by atoms with van der Waals surface area (Å²) in [5.41, 5.74) is 1.12. The van der Waals surface area contributed by atoms with Crippen LogP contribution in [0.4, 0.5) is 0 Å². The van der Waals surface area contributed by atoms with E-state index in [1.807, 2.05) is 36.4 Å². The second kappa shape index (κ2) is 8.28. The molecule has 0 radical (unpaired) electrons. The molecule has 2 rings (SSSR count). The normalized spacial score (nSPS) is 10.7. The molecule has 21 heavy (non-hydrogen) atoms. The Morgan fingerprint density at radius 3 is 2.62 bits per heavy atom. The number of hydrogen-bond donors (Lipinski definition) is 0. The minimum absolute atomic E-state index is 0.612. The van der Waals surface area contributed by atoms with Crippen molar-refractivity contribution in [3.8, 4) is 22.3 Å². The maximum Gasteiger partial charge on any atom is 0.119 e. The van der Waals surface area contributed by atoms with Crippen molar-refractivity contribution in [3.05, 3.63) is 53.4 Å². The van der Waals surface area contributed by atoms with Gasteiger partial charge in [-0.2, -0.15) is 5.26 Å². The maximum atomic E-state index is 8.85. The number of nitrogens with zero attached hydrogens (tertiary/aromatic N) is 1. The molecule has 1 heterocycles. The topological polar surface area (TPSA) is 33.0 Å². The van der Waals surface area contributed by atoms with Crippen LogP contribution in [0.3, 0.4) is 0 Å². The molecule has 3 heteroatoms. The van der Waals surface area contributed by atoms with Gasteiger partial charge in [-0.3, -0.25) is 0 Å². The van der Waals surface area contributed by atoms with Crippen LogP contribution in [0.25, 0.3) is 10.4 Å². The van der Waals surface area contributed by atoms with Gasteiger partial charge < -0.3 is 4.74 Å². The standard InChI is InChI=1S/C18H19NOS/c1-2-3-4-5-6-13-20-16-9-7-15(8-10-16)18-12-11-17(14-19)21-18/h5-12H,2-4,13H2,1H3. The van der Waals surface area contributed by atoms with Crippen molar-refractivity contribution < 1.29 is 4.74 Å². The number of nitriles is 1. The minimum atomic E-state index is 0.612. The third kappa shape index (κ3) is 4.77. The van der Waals surface area contributed by atoms with Crippen molar-refractivity contribution in [1.29, 1.82) is 5.26 Å². The van der Waals surface area contributed by atoms with Crippen molar-refractivity contribution in [2.24, 2.45) is 0 Å². The zero-order valence-corrected chi connectivity index (χ0v) is 13.0. The molecule has 0 bridgehead atoms. The summed E-state index contributed by atoms with van der Waals surface area (Å²) in [6.07, 6.45) is 7.83. The van der Waals surface area contributed by atoms with E-state index in [-0.39, 0.29) is 0 Å². The molecule has 0 amide bonds. The SMILES string of the molecule is CCCCC=CCOc1ccc(-c2ccc(C#N)s2)cc1. The second-order valence-corrected chi connectivity index (χ2v) is 5.81. The summed E-state index contributed by atoms with van der Waals surface area (Å²) in [6, 6.07) is 14.0. The lowest BCUT2D eigenvalue weighted by molar-refractivity contribution is 0.362. The van der Waals surface area contributed by atoms with Gasteiger partial charge in [0, 0.05) is 4.88 Å². The molecule has 2 aromatic rings. The molecule has 0 aliphatic rings. The van der Waals surface area contributed by atoms with Gasteiger partial charge >= 0.3 is 0 Å². The van der Waals surface area contributed by atoms with Gasteiger partial charge in [0.2, 0.25) is 0 Å². The molecule has 0 atom stereocenters. The molecule has 0 N–H and O–H groups in total. The van der Waals surface area contributed by atoms with Crippen molar-refractivity contribution in [2.75, 3.05) is 6.61 Å². The Morgan fingerprint density at radius 2 is 1.95 bits per heavy atom. The molecule has 0 unspecified atom stereocenters. The van der Waals surface area contributed by atoms with Crippen LogP contribution in [0.15, 0.2) is 48.6 Å². The maximum absolute atomic E-state index is 8.85. The first-order chi connectivity index (χ1) is 10.3. The van der Waals surface area contributed by atoms with Crippen LogP contribution >= 0.6 is 11.3 Å². The van der Waals surface area contributed by atoms with Crippen LogP contribution in [0.2, 0.25) is 0 Å². The fraction of sp³-hybridized carbons (Fsp3) is 0.278. The average Bonchev–Trinajstić information content (AvgIpc) is 3.00. The first kappa shape index (κ1) is 15.3. The smallest absolute Gasteiger partial charge is 0.119 e. The molecule has 1 aromatic carbocycles. The fourth-order valence-electron chi connectivity index (χ4n) is 1.92. The Balaban J connectivity index is 1.87. The van der Waals surface area contributed by atoms with E-state index in [0.29, 0.717) is 6.61 Å². The highest BCUT2D eigenvalue weighted by Gasteiger charge is 2.02. The number of hydrogen-bond acceptors (Lipinski definition) is 3. The third-order valence-electron chi connectivity index (χ3n) is 3.09. The number of allylic oxidation sites excluding steroid dienone is 1. The average molecular weight is 297 g/mol. The van der Waals surface area contributed by atoms with Crippen molar-refractivity contribution >= 4 is 11.3 Å². The number of rotatable bonds is 7. The lowest BCUT2D eigenvalue weighted by atomic mass is 10.2. The minimum Gasteiger partial charge on any atom is -0.490 e. The molecule has 0 fully saturated rings. The highest BCUT2D eigenvalue weighted by molar-refractivity contribution is 7.16. The molecule has 108 valence electrons. The van der Waals surface area contributed by atoms with Gasteiger partial charge in [0.05, 0.1) is 0 Å². The van der Waals surface area contributed by atoms with Crippen LogP contribution in [0, 0.1) is 11.3 Å². The van der Waals surface area contributed by atoms with E-state index in [1.54, 1.807) is 0 Å². The van der Waals surface area contributed by atoms with Crippen molar-refractivity contribution in [1.82, 2.24) is 0 Å². The van der Waals surface area contributed by atoms with Gasteiger partial charge in [-0.05, 0) is 48.4 Å². The first-order valence-corrected chi connectivity index (χ1v) is 8.03. The number of benzene rings is 1. The second-order valence-electron chi connectivity index (χ2n) is 4.72. The molecular formula is C18H19NOS. The van der Waals surface area contributed by atoms with Gasteiger partial charge in [0.25, 0.3) is 0 Å². The molecule has 0 aliphatic heterocycles. The molecule has 0 aliphatic carbocycles. The summed E-state index contributed by atoms with van der Waals surface area (Å²) in [4.78, 5) is 1.85. The Kier molecular flexibility index (Phi) is 6.05. The van der Waals surface area contributed by atoms with Crippen LogP contribution in [0.5, 0.6) is 5.75 Å². The van der Waals surface area contributed by atoms with Crippen LogP contribution in [0.1, 0.15) is 31.1 Å². The molecular weight excluding hydrogens is 278 g/mol. The summed E-state index contributed by atoms with van der Waals surface area (Å²) in [6.45, 7) is 2.81. The molecule has 0 spiro atoms. The molecule has 0 saturated carbocycles. The van der Waals surface area contributed by atoms with Gasteiger partial charge in [0.1, 0.15) is 23.3 Å². The van der Waals surface area contributed by atoms with Crippen LogP contribution < -0.4 is 4.74 Å². The molecule has 1 aromatic heterocycles. The summed E-state index contributed by atoms with van der Waals surface area (Å²) in [5.74, 6) is 0.871. The fourth-order valence-corrected chi connectivity index (χ4v) is 2.73. The summed E-state index contributed by atoms with van der Waals surface area (Å²) in [7, 11) is 0. The largest absolute Gasteiger partial charge is 0.490 e. The van der Waals surface area contributed by atoms with Crippen molar-refractivity contribution in [3.63, 3.8) is 0 Å². The first-order valence-electron chi connectivity index (χ1n) is 7.21. The van der Waals surface area contributed by atoms with Gasteiger partial charge in [-0.25, -0.2) is 0 Å². The number of unbranched alkanes of at least 4 members (excludes halogenated alkanes) is 2. The zero-order valence-electron chi connectivity index (χ0n) is 12.2. The Bertz CT molecular complexity index is 619. The van der Waals surface area contributed by atoms with Crippen molar-refractivity contribution in [2.45, 2.75) is 26.2 Å². The van der Waals surface area contributed by atoms with Gasteiger partial charge in [-0.15, -0.1) is 11.3 Å². The quantitative estimate of drug-likeness (QED) is 0.505. The summed E-state index contributed by atoms with van der Waals surface area (Å²) >= 11 is 1.51. The predicted octanol–water partition coefficient (Wildman–Crippen LogP) is 5.41. The Morgan fingerprint density at radius 1 is 1.14 bits per heavy atom. The predicted molar refractivity (Wildman–Crippen MR) is 88.6 cm³/mol. The van der Waals surface area contributed by atoms with E-state index in [9.17, 15) is 0 Å². The van der Waals surface area contributed by atoms with Gasteiger partial charge in [0.15, 0.2) is 0 Å². The number of thiophene rings is 1. The Labute approximate surface area is 130 Å². The van der Waals surface area contributed by atoms with Crippen LogP contribution in [-0.2, 0) is 0 Å². The molecule has 0 saturated heterocycles. The number of ether oxygens (including phenoxy) is 1. The van der Waals surface area contributed by atoms with E-state index in [4.69, 9.17) is 10.00 Å². The highest BCUT2D eigenvalue weighted by atomic mass is 32.1. The van der Waals surface area contributed by atoms with Gasteiger partial charge in [-0.1, -0.05) is 31.9 Å². The molecule has 2 nitrogen and oxygen atoms in total. The van der Waals surface area contributed by atoms with E-state index < -0.39 is 0 Å². The Hall–Kier alpha value is -2.05. The van der Waals surface area contributed by atoms with E-state index in [2.05, 4.69) is 25.1 Å². The summed E-state index contributed by atoms with van der Waals surface area (Å²) < 4.78 is 5.67. The monoisotopic (exact) mass is 297 g/mol. The zero-order chi connectivity index (χ0) is 14.9. The third-order valence-corrected chi connectivity index (χ3v) is 4.13.